The smallest absolute Gasteiger partial charge is 0.275 e. The van der Waals surface area contributed by atoms with Gasteiger partial charge in [0.1, 0.15) is 5.76 Å². The fourth-order valence-corrected chi connectivity index (χ4v) is 2.84. The molecule has 1 N–H and O–H groups in total. The van der Waals surface area contributed by atoms with E-state index < -0.39 is 10.0 Å². The van der Waals surface area contributed by atoms with Gasteiger partial charge in [-0.1, -0.05) is 6.92 Å². The van der Waals surface area contributed by atoms with Gasteiger partial charge in [0, 0.05) is 14.1 Å². The van der Waals surface area contributed by atoms with E-state index in [4.69, 9.17) is 4.42 Å². The van der Waals surface area contributed by atoms with Gasteiger partial charge in [-0.2, -0.15) is 0 Å². The summed E-state index contributed by atoms with van der Waals surface area (Å²) in [6.07, 6.45) is 2.68. The summed E-state index contributed by atoms with van der Waals surface area (Å²) in [5.74, 6) is 2.21. The molecular weight excluding hydrogens is 264 g/mol. The second-order valence-electron chi connectivity index (χ2n) is 5.45. The lowest BCUT2D eigenvalue weighted by Gasteiger charge is -2.10. The first-order valence-electron chi connectivity index (χ1n) is 6.63. The Hall–Kier alpha value is -0.850. The molecule has 1 aromatic heterocycles. The molecule has 0 amide bonds. The van der Waals surface area contributed by atoms with E-state index in [0.717, 1.165) is 16.8 Å². The zero-order valence-corrected chi connectivity index (χ0v) is 12.5. The lowest BCUT2D eigenvalue weighted by Crippen LogP contribution is -2.22. The van der Waals surface area contributed by atoms with Crippen molar-refractivity contribution >= 4 is 10.0 Å². The van der Waals surface area contributed by atoms with Crippen LogP contribution in [0.4, 0.5) is 0 Å². The summed E-state index contributed by atoms with van der Waals surface area (Å²) in [6.45, 7) is 3.76. The lowest BCUT2D eigenvalue weighted by molar-refractivity contribution is 0.378. The molecule has 0 aromatic carbocycles. The Balaban J connectivity index is 1.87. The summed E-state index contributed by atoms with van der Waals surface area (Å²) < 4.78 is 30.2. The van der Waals surface area contributed by atoms with Crippen LogP contribution in [0.2, 0.25) is 0 Å². The predicted molar refractivity (Wildman–Crippen MR) is 73.2 cm³/mol. The molecule has 1 saturated carbocycles. The van der Waals surface area contributed by atoms with Crippen LogP contribution < -0.4 is 5.32 Å². The van der Waals surface area contributed by atoms with Crippen molar-refractivity contribution in [2.45, 2.75) is 31.4 Å². The number of hydrogen-bond acceptors (Lipinski definition) is 4. The molecule has 1 aliphatic carbocycles. The van der Waals surface area contributed by atoms with Crippen LogP contribution in [0.1, 0.15) is 25.5 Å². The summed E-state index contributed by atoms with van der Waals surface area (Å²) in [4.78, 5) is 0. The maximum absolute atomic E-state index is 11.8. The Morgan fingerprint density at radius 1 is 1.42 bits per heavy atom. The van der Waals surface area contributed by atoms with Gasteiger partial charge in [-0.3, -0.25) is 0 Å². The summed E-state index contributed by atoms with van der Waals surface area (Å²) in [7, 11) is -0.476. The van der Waals surface area contributed by atoms with Crippen LogP contribution in [-0.2, 0) is 16.6 Å². The summed E-state index contributed by atoms with van der Waals surface area (Å²) in [5.41, 5.74) is 0. The molecule has 1 aliphatic rings. The minimum atomic E-state index is -3.46. The standard InChI is InChI=1S/C13H22N2O3S/c1-10(11-4-5-11)8-14-9-12-6-7-13(18-12)19(16,17)15(2)3/h6-7,10-11,14H,4-5,8-9H2,1-3H3. The highest BCUT2D eigenvalue weighted by atomic mass is 32.2. The lowest BCUT2D eigenvalue weighted by atomic mass is 10.1. The highest BCUT2D eigenvalue weighted by Crippen LogP contribution is 2.36. The summed E-state index contributed by atoms with van der Waals surface area (Å²) >= 11 is 0. The Morgan fingerprint density at radius 3 is 2.68 bits per heavy atom. The largest absolute Gasteiger partial charge is 0.447 e. The molecule has 0 saturated heterocycles. The van der Waals surface area contributed by atoms with Crippen LogP contribution in [0, 0.1) is 11.8 Å². The van der Waals surface area contributed by atoms with E-state index in [-0.39, 0.29) is 5.09 Å². The summed E-state index contributed by atoms with van der Waals surface area (Å²) in [5, 5.41) is 3.32. The zero-order valence-electron chi connectivity index (χ0n) is 11.7. The van der Waals surface area contributed by atoms with Gasteiger partial charge in [-0.15, -0.1) is 0 Å². The molecule has 1 heterocycles. The maximum atomic E-state index is 11.8. The van der Waals surface area contributed by atoms with E-state index in [1.807, 2.05) is 0 Å². The average Bonchev–Trinajstić information content (AvgIpc) is 3.08. The van der Waals surface area contributed by atoms with Crippen molar-refractivity contribution in [2.24, 2.45) is 11.8 Å². The molecule has 0 spiro atoms. The van der Waals surface area contributed by atoms with E-state index >= 15 is 0 Å². The molecule has 2 rings (SSSR count). The number of furan rings is 1. The van der Waals surface area contributed by atoms with E-state index in [2.05, 4.69) is 12.2 Å². The number of hydrogen-bond donors (Lipinski definition) is 1. The molecule has 6 heteroatoms. The first-order valence-corrected chi connectivity index (χ1v) is 8.07. The van der Waals surface area contributed by atoms with Crippen molar-refractivity contribution in [1.29, 1.82) is 0 Å². The Kier molecular flexibility index (Phi) is 4.32. The highest BCUT2D eigenvalue weighted by Gasteiger charge is 2.27. The van der Waals surface area contributed by atoms with Crippen molar-refractivity contribution < 1.29 is 12.8 Å². The molecule has 0 bridgehead atoms. The van der Waals surface area contributed by atoms with Crippen molar-refractivity contribution in [3.05, 3.63) is 17.9 Å². The van der Waals surface area contributed by atoms with Gasteiger partial charge < -0.3 is 9.73 Å². The minimum absolute atomic E-state index is 0.00420. The van der Waals surface area contributed by atoms with Gasteiger partial charge in [0.25, 0.3) is 10.0 Å². The monoisotopic (exact) mass is 286 g/mol. The van der Waals surface area contributed by atoms with E-state index in [0.29, 0.717) is 18.2 Å². The molecule has 0 radical (unpaired) electrons. The van der Waals surface area contributed by atoms with Gasteiger partial charge in [0.05, 0.1) is 6.54 Å². The third-order valence-electron chi connectivity index (χ3n) is 3.56. The first kappa shape index (κ1) is 14.6. The molecule has 108 valence electrons. The fraction of sp³-hybridized carbons (Fsp3) is 0.692. The zero-order chi connectivity index (χ0) is 14.0. The average molecular weight is 286 g/mol. The van der Waals surface area contributed by atoms with Crippen LogP contribution in [0.25, 0.3) is 0 Å². The van der Waals surface area contributed by atoms with Crippen LogP contribution >= 0.6 is 0 Å². The third kappa shape index (κ3) is 3.58. The van der Waals surface area contributed by atoms with Crippen molar-refractivity contribution in [3.63, 3.8) is 0 Å². The van der Waals surface area contributed by atoms with Crippen LogP contribution in [0.3, 0.4) is 0 Å². The summed E-state index contributed by atoms with van der Waals surface area (Å²) in [6, 6.07) is 3.22. The van der Waals surface area contributed by atoms with Gasteiger partial charge in [0.15, 0.2) is 0 Å². The van der Waals surface area contributed by atoms with E-state index in [9.17, 15) is 8.42 Å². The second kappa shape index (κ2) is 5.64. The molecular formula is C13H22N2O3S. The van der Waals surface area contributed by atoms with Crippen molar-refractivity contribution in [3.8, 4) is 0 Å². The third-order valence-corrected chi connectivity index (χ3v) is 5.25. The Labute approximate surface area is 115 Å². The maximum Gasteiger partial charge on any atom is 0.275 e. The first-order chi connectivity index (χ1) is 8.91. The van der Waals surface area contributed by atoms with Gasteiger partial charge in [0.2, 0.25) is 5.09 Å². The van der Waals surface area contributed by atoms with Crippen LogP contribution in [0.5, 0.6) is 0 Å². The fourth-order valence-electron chi connectivity index (χ4n) is 2.03. The van der Waals surface area contributed by atoms with E-state index in [1.54, 1.807) is 6.07 Å². The molecule has 1 fully saturated rings. The molecule has 0 aliphatic heterocycles. The minimum Gasteiger partial charge on any atom is -0.447 e. The predicted octanol–water partition coefficient (Wildman–Crippen LogP) is 1.67. The topological polar surface area (TPSA) is 62.6 Å². The normalized spacial score (nSPS) is 17.9. The second-order valence-corrected chi connectivity index (χ2v) is 7.54. The van der Waals surface area contributed by atoms with Crippen LogP contribution in [-0.4, -0.2) is 33.4 Å². The SMILES string of the molecule is CC(CNCc1ccc(S(=O)(=O)N(C)C)o1)C1CC1. The van der Waals surface area contributed by atoms with Gasteiger partial charge in [-0.05, 0) is 43.4 Å². The molecule has 19 heavy (non-hydrogen) atoms. The molecule has 1 unspecified atom stereocenters. The number of nitrogens with one attached hydrogen (secondary N) is 1. The van der Waals surface area contributed by atoms with E-state index in [1.165, 1.54) is 33.0 Å². The molecule has 5 nitrogen and oxygen atoms in total. The van der Waals surface area contributed by atoms with Crippen molar-refractivity contribution in [2.75, 3.05) is 20.6 Å². The number of nitrogens with zero attached hydrogens (tertiary/aromatic N) is 1. The van der Waals surface area contributed by atoms with Gasteiger partial charge >= 0.3 is 0 Å². The number of rotatable bonds is 7. The molecule has 1 atom stereocenters. The van der Waals surface area contributed by atoms with Crippen molar-refractivity contribution in [1.82, 2.24) is 9.62 Å². The Bertz CT molecular complexity index is 518. The molecule has 1 aromatic rings. The van der Waals surface area contributed by atoms with Crippen LogP contribution in [0.15, 0.2) is 21.6 Å². The Morgan fingerprint density at radius 2 is 2.11 bits per heavy atom. The number of sulfonamides is 1. The highest BCUT2D eigenvalue weighted by molar-refractivity contribution is 7.88. The quantitative estimate of drug-likeness (QED) is 0.828. The van der Waals surface area contributed by atoms with Gasteiger partial charge in [-0.25, -0.2) is 12.7 Å².